The van der Waals surface area contributed by atoms with Crippen LogP contribution in [0.25, 0.3) is 11.1 Å². The van der Waals surface area contributed by atoms with E-state index < -0.39 is 0 Å². The molecule has 2 aromatic rings. The van der Waals surface area contributed by atoms with Gasteiger partial charge in [-0.1, -0.05) is 47.5 Å². The molecule has 0 spiro atoms. The molecule has 0 amide bonds. The first-order valence-corrected chi connectivity index (χ1v) is 5.57. The minimum absolute atomic E-state index is 0.704. The first kappa shape index (κ1) is 9.26. The number of halogens is 2. The largest absolute Gasteiger partial charge is 0.0843 e. The van der Waals surface area contributed by atoms with Crippen LogP contribution in [0.5, 0.6) is 0 Å². The van der Waals surface area contributed by atoms with Crippen LogP contribution in [0.1, 0.15) is 11.1 Å². The van der Waals surface area contributed by atoms with Crippen LogP contribution in [-0.2, 0) is 6.42 Å². The Hall–Kier alpha value is -0.980. The van der Waals surface area contributed by atoms with E-state index in [4.69, 9.17) is 23.2 Å². The van der Waals surface area contributed by atoms with E-state index in [1.807, 2.05) is 18.2 Å². The number of hydrogen-bond donors (Lipinski definition) is 0. The Morgan fingerprint density at radius 2 is 1.73 bits per heavy atom. The first-order chi connectivity index (χ1) is 7.25. The van der Waals surface area contributed by atoms with Gasteiger partial charge in [0.05, 0.1) is 0 Å². The Morgan fingerprint density at radius 1 is 0.933 bits per heavy atom. The molecule has 74 valence electrons. The summed E-state index contributed by atoms with van der Waals surface area (Å²) in [7, 11) is 0. The van der Waals surface area contributed by atoms with Crippen molar-refractivity contribution < 1.29 is 0 Å². The summed E-state index contributed by atoms with van der Waals surface area (Å²) in [6.45, 7) is 0. The van der Waals surface area contributed by atoms with Gasteiger partial charge in [0.15, 0.2) is 0 Å². The van der Waals surface area contributed by atoms with Crippen LogP contribution in [-0.4, -0.2) is 0 Å². The molecule has 0 nitrogen and oxygen atoms in total. The van der Waals surface area contributed by atoms with E-state index in [0.29, 0.717) is 5.02 Å². The molecule has 0 bridgehead atoms. The maximum absolute atomic E-state index is 6.18. The van der Waals surface area contributed by atoms with Crippen LogP contribution < -0.4 is 0 Å². The summed E-state index contributed by atoms with van der Waals surface area (Å²) in [5.74, 6) is 0. The van der Waals surface area contributed by atoms with Gasteiger partial charge >= 0.3 is 0 Å². The maximum Gasteiger partial charge on any atom is 0.0462 e. The fourth-order valence-corrected chi connectivity index (χ4v) is 2.71. The minimum atomic E-state index is 0.704. The third-order valence-corrected chi connectivity index (χ3v) is 3.39. The fraction of sp³-hybridized carbons (Fsp3) is 0.0769. The molecule has 0 aliphatic heterocycles. The molecular formula is C13H8Cl2. The molecule has 0 fully saturated rings. The molecule has 0 saturated carbocycles. The van der Waals surface area contributed by atoms with E-state index in [2.05, 4.69) is 18.2 Å². The summed E-state index contributed by atoms with van der Waals surface area (Å²) in [5.41, 5.74) is 4.97. The molecule has 15 heavy (non-hydrogen) atoms. The Balaban J connectivity index is 2.33. The summed E-state index contributed by atoms with van der Waals surface area (Å²) < 4.78 is 0. The topological polar surface area (TPSA) is 0 Å². The Kier molecular flexibility index (Phi) is 2.01. The standard InChI is InChI=1S/C13H8Cl2/c14-9-6-11-10-4-2-1-3-8(10)5-12(11)13(15)7-9/h1-4,6-7H,5H2. The Labute approximate surface area is 98.5 Å². The lowest BCUT2D eigenvalue weighted by Gasteiger charge is -2.03. The molecule has 0 heterocycles. The van der Waals surface area contributed by atoms with Crippen molar-refractivity contribution >= 4 is 23.2 Å². The molecule has 2 heteroatoms. The normalized spacial score (nSPS) is 12.4. The number of fused-ring (bicyclic) bond motifs is 3. The van der Waals surface area contributed by atoms with Gasteiger partial charge in [0.25, 0.3) is 0 Å². The van der Waals surface area contributed by atoms with Crippen LogP contribution in [0.3, 0.4) is 0 Å². The van der Waals surface area contributed by atoms with Gasteiger partial charge in [-0.15, -0.1) is 0 Å². The summed E-state index contributed by atoms with van der Waals surface area (Å²) in [6.07, 6.45) is 0.918. The molecule has 0 unspecified atom stereocenters. The van der Waals surface area contributed by atoms with Crippen molar-refractivity contribution in [2.24, 2.45) is 0 Å². The van der Waals surface area contributed by atoms with Gasteiger partial charge in [0.1, 0.15) is 0 Å². The lowest BCUT2D eigenvalue weighted by molar-refractivity contribution is 1.26. The van der Waals surface area contributed by atoms with Crippen molar-refractivity contribution in [2.45, 2.75) is 6.42 Å². The zero-order valence-electron chi connectivity index (χ0n) is 7.93. The van der Waals surface area contributed by atoms with E-state index in [-0.39, 0.29) is 0 Å². The van der Waals surface area contributed by atoms with Crippen molar-refractivity contribution in [1.82, 2.24) is 0 Å². The fourth-order valence-electron chi connectivity index (χ4n) is 2.15. The third-order valence-electron chi connectivity index (χ3n) is 2.84. The second-order valence-electron chi connectivity index (χ2n) is 3.75. The van der Waals surface area contributed by atoms with E-state index in [1.54, 1.807) is 0 Å². The number of benzene rings is 2. The zero-order chi connectivity index (χ0) is 10.4. The number of rotatable bonds is 0. The van der Waals surface area contributed by atoms with Gasteiger partial charge < -0.3 is 0 Å². The van der Waals surface area contributed by atoms with Crippen molar-refractivity contribution in [3.05, 3.63) is 57.6 Å². The van der Waals surface area contributed by atoms with Gasteiger partial charge in [-0.05, 0) is 34.4 Å². The molecular weight excluding hydrogens is 227 g/mol. The van der Waals surface area contributed by atoms with E-state index in [1.165, 1.54) is 22.3 Å². The van der Waals surface area contributed by atoms with Crippen molar-refractivity contribution in [2.75, 3.05) is 0 Å². The van der Waals surface area contributed by atoms with E-state index >= 15 is 0 Å². The molecule has 0 radical (unpaired) electrons. The highest BCUT2D eigenvalue weighted by atomic mass is 35.5. The molecule has 0 atom stereocenters. The highest BCUT2D eigenvalue weighted by molar-refractivity contribution is 6.35. The third kappa shape index (κ3) is 1.37. The average Bonchev–Trinajstić information content (AvgIpc) is 2.57. The number of hydrogen-bond acceptors (Lipinski definition) is 0. The molecule has 2 aromatic carbocycles. The van der Waals surface area contributed by atoms with Gasteiger partial charge in [0.2, 0.25) is 0 Å². The Bertz CT molecular complexity index is 544. The predicted octanol–water partition coefficient (Wildman–Crippen LogP) is 4.56. The molecule has 0 N–H and O–H groups in total. The van der Waals surface area contributed by atoms with Gasteiger partial charge in [0, 0.05) is 16.5 Å². The minimum Gasteiger partial charge on any atom is -0.0843 e. The van der Waals surface area contributed by atoms with Crippen LogP contribution in [0.15, 0.2) is 36.4 Å². The monoisotopic (exact) mass is 234 g/mol. The molecule has 3 rings (SSSR count). The second kappa shape index (κ2) is 3.26. The molecule has 0 aromatic heterocycles. The van der Waals surface area contributed by atoms with Crippen LogP contribution in [0.2, 0.25) is 10.0 Å². The summed E-state index contributed by atoms with van der Waals surface area (Å²) in [6, 6.07) is 12.2. The predicted molar refractivity (Wildman–Crippen MR) is 64.7 cm³/mol. The van der Waals surface area contributed by atoms with Gasteiger partial charge in [-0.3, -0.25) is 0 Å². The Morgan fingerprint density at radius 3 is 2.60 bits per heavy atom. The van der Waals surface area contributed by atoms with Crippen molar-refractivity contribution in [3.8, 4) is 11.1 Å². The van der Waals surface area contributed by atoms with E-state index in [0.717, 1.165) is 11.4 Å². The summed E-state index contributed by atoms with van der Waals surface area (Å²) >= 11 is 12.2. The lowest BCUT2D eigenvalue weighted by atomic mass is 10.1. The molecule has 0 saturated heterocycles. The lowest BCUT2D eigenvalue weighted by Crippen LogP contribution is -1.82. The average molecular weight is 235 g/mol. The highest BCUT2D eigenvalue weighted by Crippen LogP contribution is 2.41. The first-order valence-electron chi connectivity index (χ1n) is 4.82. The van der Waals surface area contributed by atoms with Crippen LogP contribution in [0.4, 0.5) is 0 Å². The van der Waals surface area contributed by atoms with Crippen molar-refractivity contribution in [3.63, 3.8) is 0 Å². The molecule has 1 aliphatic rings. The highest BCUT2D eigenvalue weighted by Gasteiger charge is 2.20. The van der Waals surface area contributed by atoms with Crippen LogP contribution in [0, 0.1) is 0 Å². The smallest absolute Gasteiger partial charge is 0.0462 e. The SMILES string of the molecule is Clc1cc(Cl)c2c(c1)-c1ccccc1C2. The van der Waals surface area contributed by atoms with Crippen LogP contribution >= 0.6 is 23.2 Å². The summed E-state index contributed by atoms with van der Waals surface area (Å²) in [5, 5.41) is 1.48. The van der Waals surface area contributed by atoms with Gasteiger partial charge in [-0.25, -0.2) is 0 Å². The second-order valence-corrected chi connectivity index (χ2v) is 4.59. The van der Waals surface area contributed by atoms with Gasteiger partial charge in [-0.2, -0.15) is 0 Å². The maximum atomic E-state index is 6.18. The summed E-state index contributed by atoms with van der Waals surface area (Å²) in [4.78, 5) is 0. The van der Waals surface area contributed by atoms with E-state index in [9.17, 15) is 0 Å². The molecule has 1 aliphatic carbocycles. The quantitative estimate of drug-likeness (QED) is 0.535. The van der Waals surface area contributed by atoms with Crippen molar-refractivity contribution in [1.29, 1.82) is 0 Å². The zero-order valence-corrected chi connectivity index (χ0v) is 9.44.